The number of nitrogens with one attached hydrogen (secondary N) is 1. The average Bonchev–Trinajstić information content (AvgIpc) is 3.21. The van der Waals surface area contributed by atoms with Crippen molar-refractivity contribution in [1.82, 2.24) is 5.32 Å². The fourth-order valence-electron chi connectivity index (χ4n) is 2.30. The van der Waals surface area contributed by atoms with Gasteiger partial charge in [0.05, 0.1) is 6.10 Å². The summed E-state index contributed by atoms with van der Waals surface area (Å²) in [5, 5.41) is 13.0. The second-order valence-corrected chi connectivity index (χ2v) is 5.75. The summed E-state index contributed by atoms with van der Waals surface area (Å²) in [6.07, 6.45) is 3.80. The van der Waals surface area contributed by atoms with Crippen molar-refractivity contribution >= 4 is 5.91 Å². The van der Waals surface area contributed by atoms with Crippen LogP contribution < -0.4 is 5.32 Å². The van der Waals surface area contributed by atoms with E-state index in [0.29, 0.717) is 18.4 Å². The molecule has 1 aliphatic rings. The molecular weight excluding hydrogens is 257 g/mol. The maximum atomic E-state index is 12.8. The van der Waals surface area contributed by atoms with Crippen molar-refractivity contribution in [1.29, 1.82) is 0 Å². The zero-order chi connectivity index (χ0) is 14.5. The summed E-state index contributed by atoms with van der Waals surface area (Å²) >= 11 is 0. The van der Waals surface area contributed by atoms with Crippen LogP contribution in [0.3, 0.4) is 0 Å². The van der Waals surface area contributed by atoms with Crippen LogP contribution in [0.15, 0.2) is 24.3 Å². The first-order valence-electron chi connectivity index (χ1n) is 7.27. The van der Waals surface area contributed by atoms with E-state index in [9.17, 15) is 14.3 Å². The molecule has 1 aromatic carbocycles. The molecule has 0 bridgehead atoms. The number of benzene rings is 1. The minimum Gasteiger partial charge on any atom is -0.388 e. The number of rotatable bonds is 7. The molecule has 110 valence electrons. The molecule has 2 atom stereocenters. The molecule has 2 rings (SSSR count). The van der Waals surface area contributed by atoms with Gasteiger partial charge in [-0.1, -0.05) is 25.0 Å². The SMILES string of the molecule is CC(CC(O)c1ccc(F)cc1)NC(=O)CCC1CC1. The number of aliphatic hydroxyl groups excluding tert-OH is 1. The highest BCUT2D eigenvalue weighted by Gasteiger charge is 2.22. The van der Waals surface area contributed by atoms with E-state index in [2.05, 4.69) is 5.32 Å². The van der Waals surface area contributed by atoms with Gasteiger partial charge >= 0.3 is 0 Å². The predicted molar refractivity (Wildman–Crippen MR) is 75.5 cm³/mol. The summed E-state index contributed by atoms with van der Waals surface area (Å²) in [6, 6.07) is 5.71. The van der Waals surface area contributed by atoms with E-state index in [1.54, 1.807) is 12.1 Å². The Morgan fingerprint density at radius 1 is 1.40 bits per heavy atom. The third-order valence-electron chi connectivity index (χ3n) is 3.72. The van der Waals surface area contributed by atoms with E-state index in [1.807, 2.05) is 6.92 Å². The van der Waals surface area contributed by atoms with Gasteiger partial charge in [0.2, 0.25) is 5.91 Å². The first-order chi connectivity index (χ1) is 9.54. The third-order valence-corrected chi connectivity index (χ3v) is 3.72. The lowest BCUT2D eigenvalue weighted by Gasteiger charge is -2.18. The van der Waals surface area contributed by atoms with Crippen LogP contribution in [0.5, 0.6) is 0 Å². The fraction of sp³-hybridized carbons (Fsp3) is 0.562. The van der Waals surface area contributed by atoms with Crippen molar-refractivity contribution in [2.45, 2.75) is 51.2 Å². The Labute approximate surface area is 119 Å². The normalized spacial score (nSPS) is 17.6. The van der Waals surface area contributed by atoms with Gasteiger partial charge < -0.3 is 10.4 Å². The van der Waals surface area contributed by atoms with E-state index in [1.165, 1.54) is 25.0 Å². The van der Waals surface area contributed by atoms with E-state index < -0.39 is 6.10 Å². The van der Waals surface area contributed by atoms with Crippen molar-refractivity contribution < 1.29 is 14.3 Å². The van der Waals surface area contributed by atoms with Crippen molar-refractivity contribution in [3.63, 3.8) is 0 Å². The van der Waals surface area contributed by atoms with E-state index in [0.717, 1.165) is 12.3 Å². The van der Waals surface area contributed by atoms with E-state index in [4.69, 9.17) is 0 Å². The molecule has 1 amide bonds. The standard InChI is InChI=1S/C16H22FNO2/c1-11(18-16(20)9-4-12-2-3-12)10-15(19)13-5-7-14(17)8-6-13/h5-8,11-12,15,19H,2-4,9-10H2,1H3,(H,18,20). The van der Waals surface area contributed by atoms with Gasteiger partial charge in [-0.2, -0.15) is 0 Å². The van der Waals surface area contributed by atoms with Crippen LogP contribution in [0.4, 0.5) is 4.39 Å². The van der Waals surface area contributed by atoms with Crippen LogP contribution in [-0.4, -0.2) is 17.1 Å². The smallest absolute Gasteiger partial charge is 0.220 e. The maximum Gasteiger partial charge on any atom is 0.220 e. The van der Waals surface area contributed by atoms with Gasteiger partial charge in [0, 0.05) is 12.5 Å². The molecule has 1 saturated carbocycles. The van der Waals surface area contributed by atoms with Gasteiger partial charge in [-0.15, -0.1) is 0 Å². The Bertz CT molecular complexity index is 442. The minimum absolute atomic E-state index is 0.0516. The highest BCUT2D eigenvalue weighted by molar-refractivity contribution is 5.76. The molecule has 0 radical (unpaired) electrons. The summed E-state index contributed by atoms with van der Waals surface area (Å²) in [5.41, 5.74) is 0.672. The van der Waals surface area contributed by atoms with Gasteiger partial charge in [0.15, 0.2) is 0 Å². The zero-order valence-electron chi connectivity index (χ0n) is 11.8. The Balaban J connectivity index is 1.73. The predicted octanol–water partition coefficient (Wildman–Crippen LogP) is 2.94. The summed E-state index contributed by atoms with van der Waals surface area (Å²) < 4.78 is 12.8. The molecule has 0 aromatic heterocycles. The summed E-state index contributed by atoms with van der Waals surface area (Å²) in [7, 11) is 0. The molecule has 2 N–H and O–H groups in total. The topological polar surface area (TPSA) is 49.3 Å². The summed E-state index contributed by atoms with van der Waals surface area (Å²) in [6.45, 7) is 1.88. The van der Waals surface area contributed by atoms with Gasteiger partial charge in [-0.25, -0.2) is 4.39 Å². The number of carbonyl (C=O) groups is 1. The molecular formula is C16H22FNO2. The first-order valence-corrected chi connectivity index (χ1v) is 7.27. The van der Waals surface area contributed by atoms with Crippen LogP contribution in [-0.2, 0) is 4.79 Å². The molecule has 0 aliphatic heterocycles. The minimum atomic E-state index is -0.686. The second kappa shape index (κ2) is 6.84. The Kier molecular flexibility index (Phi) is 5.12. The molecule has 0 heterocycles. The number of amides is 1. The summed E-state index contributed by atoms with van der Waals surface area (Å²) in [4.78, 5) is 11.7. The largest absolute Gasteiger partial charge is 0.388 e. The highest BCUT2D eigenvalue weighted by Crippen LogP contribution is 2.33. The van der Waals surface area contributed by atoms with Crippen molar-refractivity contribution in [3.8, 4) is 0 Å². The molecule has 1 aromatic rings. The van der Waals surface area contributed by atoms with E-state index in [-0.39, 0.29) is 17.8 Å². The van der Waals surface area contributed by atoms with Crippen molar-refractivity contribution in [2.75, 3.05) is 0 Å². The molecule has 2 unspecified atom stereocenters. The molecule has 3 nitrogen and oxygen atoms in total. The molecule has 0 spiro atoms. The lowest BCUT2D eigenvalue weighted by molar-refractivity contribution is -0.122. The highest BCUT2D eigenvalue weighted by atomic mass is 19.1. The van der Waals surface area contributed by atoms with Crippen LogP contribution >= 0.6 is 0 Å². The Hall–Kier alpha value is -1.42. The molecule has 1 aliphatic carbocycles. The Morgan fingerprint density at radius 2 is 2.05 bits per heavy atom. The zero-order valence-corrected chi connectivity index (χ0v) is 11.8. The third kappa shape index (κ3) is 4.93. The van der Waals surface area contributed by atoms with Crippen LogP contribution in [0.1, 0.15) is 50.7 Å². The van der Waals surface area contributed by atoms with Gasteiger partial charge in [-0.3, -0.25) is 4.79 Å². The molecule has 1 fully saturated rings. The number of aliphatic hydroxyl groups is 1. The van der Waals surface area contributed by atoms with Gasteiger partial charge in [-0.05, 0) is 43.4 Å². The number of hydrogen-bond donors (Lipinski definition) is 2. The monoisotopic (exact) mass is 279 g/mol. The van der Waals surface area contributed by atoms with Gasteiger partial charge in [0.1, 0.15) is 5.82 Å². The van der Waals surface area contributed by atoms with E-state index >= 15 is 0 Å². The molecule has 4 heteroatoms. The maximum absolute atomic E-state index is 12.8. The van der Waals surface area contributed by atoms with Gasteiger partial charge in [0.25, 0.3) is 0 Å². The average molecular weight is 279 g/mol. The van der Waals surface area contributed by atoms with Crippen LogP contribution in [0, 0.1) is 11.7 Å². The molecule has 20 heavy (non-hydrogen) atoms. The quantitative estimate of drug-likeness (QED) is 0.806. The second-order valence-electron chi connectivity index (χ2n) is 5.75. The number of halogens is 1. The first kappa shape index (κ1) is 15.0. The fourth-order valence-corrected chi connectivity index (χ4v) is 2.30. The van der Waals surface area contributed by atoms with Crippen LogP contribution in [0.25, 0.3) is 0 Å². The molecule has 0 saturated heterocycles. The number of hydrogen-bond acceptors (Lipinski definition) is 2. The van der Waals surface area contributed by atoms with Crippen molar-refractivity contribution in [2.24, 2.45) is 5.92 Å². The number of carbonyl (C=O) groups excluding carboxylic acids is 1. The summed E-state index contributed by atoms with van der Waals surface area (Å²) in [5.74, 6) is 0.485. The van der Waals surface area contributed by atoms with Crippen LogP contribution in [0.2, 0.25) is 0 Å². The lowest BCUT2D eigenvalue weighted by atomic mass is 10.0. The Morgan fingerprint density at radius 3 is 2.65 bits per heavy atom. The lowest BCUT2D eigenvalue weighted by Crippen LogP contribution is -2.33. The van der Waals surface area contributed by atoms with Crippen molar-refractivity contribution in [3.05, 3.63) is 35.6 Å².